The van der Waals surface area contributed by atoms with Crippen LogP contribution in [0.5, 0.6) is 0 Å². The molecule has 0 saturated carbocycles. The lowest BCUT2D eigenvalue weighted by molar-refractivity contribution is 0.0699. The van der Waals surface area contributed by atoms with E-state index in [2.05, 4.69) is 25.3 Å². The number of anilines is 2. The molecule has 1 aliphatic rings. The van der Waals surface area contributed by atoms with Gasteiger partial charge in [0.05, 0.1) is 6.20 Å². The average molecular weight is 389 g/mol. The predicted molar refractivity (Wildman–Crippen MR) is 109 cm³/mol. The van der Waals surface area contributed by atoms with Gasteiger partial charge in [-0.1, -0.05) is 6.07 Å². The van der Waals surface area contributed by atoms with E-state index in [9.17, 15) is 4.79 Å². The van der Waals surface area contributed by atoms with Gasteiger partial charge in [0.25, 0.3) is 5.91 Å². The molecule has 1 atom stereocenters. The first-order valence-corrected chi connectivity index (χ1v) is 9.70. The molecule has 1 N–H and O–H groups in total. The number of rotatable bonds is 4. The van der Waals surface area contributed by atoms with Crippen LogP contribution in [0.4, 0.5) is 11.8 Å². The normalized spacial score (nSPS) is 16.5. The SMILES string of the molecule is Cc1cc(C)nc(Nc2cccc(C3CCCN(C(=O)c4cnccn4)C3)n2)n1. The Hall–Kier alpha value is -3.42. The third-order valence-electron chi connectivity index (χ3n) is 4.90. The number of aromatic nitrogens is 5. The molecule has 1 aliphatic heterocycles. The number of carbonyl (C=O) groups excluding carboxylic acids is 1. The van der Waals surface area contributed by atoms with Crippen LogP contribution in [0.25, 0.3) is 0 Å². The van der Waals surface area contributed by atoms with Crippen LogP contribution in [-0.2, 0) is 0 Å². The van der Waals surface area contributed by atoms with Gasteiger partial charge in [-0.15, -0.1) is 0 Å². The van der Waals surface area contributed by atoms with Gasteiger partial charge in [-0.05, 0) is 44.9 Å². The first kappa shape index (κ1) is 18.9. The van der Waals surface area contributed by atoms with Crippen LogP contribution in [-0.4, -0.2) is 48.8 Å². The molecule has 4 heterocycles. The molecule has 1 unspecified atom stereocenters. The zero-order valence-corrected chi connectivity index (χ0v) is 16.5. The number of likely N-dealkylation sites (tertiary alicyclic amines) is 1. The van der Waals surface area contributed by atoms with Gasteiger partial charge in [-0.2, -0.15) is 0 Å². The second-order valence-corrected chi connectivity index (χ2v) is 7.23. The molecule has 4 rings (SSSR count). The van der Waals surface area contributed by atoms with Gasteiger partial charge in [0.2, 0.25) is 5.95 Å². The second kappa shape index (κ2) is 8.30. The molecule has 0 aliphatic carbocycles. The van der Waals surface area contributed by atoms with Crippen molar-refractivity contribution >= 4 is 17.7 Å². The molecule has 8 heteroatoms. The van der Waals surface area contributed by atoms with E-state index in [1.54, 1.807) is 12.4 Å². The summed E-state index contributed by atoms with van der Waals surface area (Å²) in [5.74, 6) is 1.33. The average Bonchev–Trinajstić information content (AvgIpc) is 2.73. The van der Waals surface area contributed by atoms with Crippen LogP contribution in [0.1, 0.15) is 46.3 Å². The van der Waals surface area contributed by atoms with Crippen molar-refractivity contribution in [2.75, 3.05) is 18.4 Å². The topological polar surface area (TPSA) is 96.8 Å². The van der Waals surface area contributed by atoms with E-state index in [0.29, 0.717) is 24.0 Å². The third kappa shape index (κ3) is 4.53. The smallest absolute Gasteiger partial charge is 0.274 e. The van der Waals surface area contributed by atoms with Gasteiger partial charge in [0, 0.05) is 48.5 Å². The number of amides is 1. The summed E-state index contributed by atoms with van der Waals surface area (Å²) in [5.41, 5.74) is 3.14. The highest BCUT2D eigenvalue weighted by molar-refractivity contribution is 5.92. The molecule has 1 amide bonds. The fourth-order valence-corrected chi connectivity index (χ4v) is 3.62. The Morgan fingerprint density at radius 2 is 1.97 bits per heavy atom. The molecule has 0 spiro atoms. The summed E-state index contributed by atoms with van der Waals surface area (Å²) in [4.78, 5) is 36.3. The number of pyridine rings is 1. The summed E-state index contributed by atoms with van der Waals surface area (Å²) < 4.78 is 0. The quantitative estimate of drug-likeness (QED) is 0.732. The van der Waals surface area contributed by atoms with Crippen molar-refractivity contribution in [3.05, 3.63) is 65.6 Å². The van der Waals surface area contributed by atoms with Crippen molar-refractivity contribution in [2.24, 2.45) is 0 Å². The lowest BCUT2D eigenvalue weighted by Gasteiger charge is -2.32. The molecular formula is C21H23N7O. The van der Waals surface area contributed by atoms with Gasteiger partial charge < -0.3 is 10.2 Å². The lowest BCUT2D eigenvalue weighted by Crippen LogP contribution is -2.39. The first-order chi connectivity index (χ1) is 14.1. The van der Waals surface area contributed by atoms with Crippen LogP contribution < -0.4 is 5.32 Å². The van der Waals surface area contributed by atoms with E-state index >= 15 is 0 Å². The van der Waals surface area contributed by atoms with Crippen molar-refractivity contribution in [3.8, 4) is 0 Å². The van der Waals surface area contributed by atoms with Crippen LogP contribution in [0, 0.1) is 13.8 Å². The molecule has 8 nitrogen and oxygen atoms in total. The Morgan fingerprint density at radius 3 is 2.72 bits per heavy atom. The van der Waals surface area contributed by atoms with Crippen LogP contribution >= 0.6 is 0 Å². The third-order valence-corrected chi connectivity index (χ3v) is 4.90. The largest absolute Gasteiger partial charge is 0.337 e. The molecule has 3 aromatic rings. The minimum Gasteiger partial charge on any atom is -0.337 e. The van der Waals surface area contributed by atoms with Crippen molar-refractivity contribution in [1.82, 2.24) is 29.8 Å². The summed E-state index contributed by atoms with van der Waals surface area (Å²) in [6.45, 7) is 5.22. The summed E-state index contributed by atoms with van der Waals surface area (Å²) in [5, 5.41) is 3.19. The Bertz CT molecular complexity index is 989. The maximum absolute atomic E-state index is 12.7. The Balaban J connectivity index is 1.49. The Kier molecular flexibility index (Phi) is 5.41. The standard InChI is InChI=1S/C21H23N7O/c1-14-11-15(2)25-21(24-14)27-19-7-3-6-17(26-19)16-5-4-10-28(13-16)20(29)18-12-22-8-9-23-18/h3,6-9,11-12,16H,4-5,10,13H2,1-2H3,(H,24,25,26,27). The number of hydrogen-bond donors (Lipinski definition) is 1. The molecule has 29 heavy (non-hydrogen) atoms. The van der Waals surface area contributed by atoms with Crippen LogP contribution in [0.2, 0.25) is 0 Å². The monoisotopic (exact) mass is 389 g/mol. The minimum atomic E-state index is -0.0827. The Labute approximate surface area is 169 Å². The molecule has 3 aromatic heterocycles. The van der Waals surface area contributed by atoms with Gasteiger partial charge >= 0.3 is 0 Å². The maximum atomic E-state index is 12.7. The van der Waals surface area contributed by atoms with Gasteiger partial charge in [0.15, 0.2) is 0 Å². The number of nitrogens with zero attached hydrogens (tertiary/aromatic N) is 6. The molecule has 0 aromatic carbocycles. The van der Waals surface area contributed by atoms with Crippen LogP contribution in [0.3, 0.4) is 0 Å². The van der Waals surface area contributed by atoms with Gasteiger partial charge in [-0.3, -0.25) is 9.78 Å². The highest BCUT2D eigenvalue weighted by Crippen LogP contribution is 2.27. The van der Waals surface area contributed by atoms with Gasteiger partial charge in [-0.25, -0.2) is 19.9 Å². The van der Waals surface area contributed by atoms with E-state index < -0.39 is 0 Å². The predicted octanol–water partition coefficient (Wildman–Crippen LogP) is 3.04. The molecule has 1 saturated heterocycles. The zero-order chi connectivity index (χ0) is 20.2. The number of aryl methyl sites for hydroxylation is 2. The Morgan fingerprint density at radius 1 is 1.14 bits per heavy atom. The van der Waals surface area contributed by atoms with Crippen molar-refractivity contribution < 1.29 is 4.79 Å². The van der Waals surface area contributed by atoms with E-state index in [4.69, 9.17) is 4.98 Å². The summed E-state index contributed by atoms with van der Waals surface area (Å²) in [7, 11) is 0. The molecule has 148 valence electrons. The fraction of sp³-hybridized carbons (Fsp3) is 0.333. The lowest BCUT2D eigenvalue weighted by atomic mass is 9.94. The van der Waals surface area contributed by atoms with Crippen LogP contribution in [0.15, 0.2) is 42.9 Å². The highest BCUT2D eigenvalue weighted by atomic mass is 16.2. The fourth-order valence-electron chi connectivity index (χ4n) is 3.62. The summed E-state index contributed by atoms with van der Waals surface area (Å²) >= 11 is 0. The number of hydrogen-bond acceptors (Lipinski definition) is 7. The van der Waals surface area contributed by atoms with Crippen molar-refractivity contribution in [1.29, 1.82) is 0 Å². The second-order valence-electron chi connectivity index (χ2n) is 7.23. The molecule has 0 radical (unpaired) electrons. The number of carbonyl (C=O) groups is 1. The molecule has 1 fully saturated rings. The maximum Gasteiger partial charge on any atom is 0.274 e. The number of piperidine rings is 1. The minimum absolute atomic E-state index is 0.0827. The zero-order valence-electron chi connectivity index (χ0n) is 16.5. The molecular weight excluding hydrogens is 366 g/mol. The summed E-state index contributed by atoms with van der Waals surface area (Å²) in [6.07, 6.45) is 6.54. The summed E-state index contributed by atoms with van der Waals surface area (Å²) in [6, 6.07) is 7.81. The van der Waals surface area contributed by atoms with E-state index in [-0.39, 0.29) is 11.8 Å². The van der Waals surface area contributed by atoms with E-state index in [0.717, 1.165) is 36.5 Å². The van der Waals surface area contributed by atoms with E-state index in [1.807, 2.05) is 43.0 Å². The first-order valence-electron chi connectivity index (χ1n) is 9.70. The number of nitrogens with one attached hydrogen (secondary N) is 1. The van der Waals surface area contributed by atoms with Crippen molar-refractivity contribution in [2.45, 2.75) is 32.6 Å². The molecule has 0 bridgehead atoms. The highest BCUT2D eigenvalue weighted by Gasteiger charge is 2.27. The van der Waals surface area contributed by atoms with E-state index in [1.165, 1.54) is 6.20 Å². The van der Waals surface area contributed by atoms with Gasteiger partial charge in [0.1, 0.15) is 11.5 Å². The van der Waals surface area contributed by atoms with Crippen molar-refractivity contribution in [3.63, 3.8) is 0 Å².